The topological polar surface area (TPSA) is 58.4 Å². The number of anilines is 1. The van der Waals surface area contributed by atoms with Gasteiger partial charge in [-0.2, -0.15) is 0 Å². The van der Waals surface area contributed by atoms with Crippen molar-refractivity contribution in [2.75, 3.05) is 18.4 Å². The molecule has 1 aliphatic rings. The van der Waals surface area contributed by atoms with E-state index >= 15 is 0 Å². The molecule has 1 heterocycles. The quantitative estimate of drug-likeness (QED) is 0.843. The molecule has 0 bridgehead atoms. The van der Waals surface area contributed by atoms with Gasteiger partial charge in [-0.25, -0.2) is 4.79 Å². The second kappa shape index (κ2) is 6.40. The largest absolute Gasteiger partial charge is 0.328 e. The van der Waals surface area contributed by atoms with Crippen LogP contribution in [0.15, 0.2) is 30.3 Å². The van der Waals surface area contributed by atoms with Crippen molar-refractivity contribution in [3.05, 3.63) is 30.3 Å². The number of carbonyl (C=O) groups is 1. The average molecular weight is 247 g/mol. The molecule has 4 heteroatoms. The zero-order valence-electron chi connectivity index (χ0n) is 10.6. The second-order valence-electron chi connectivity index (χ2n) is 4.73. The summed E-state index contributed by atoms with van der Waals surface area (Å²) in [4.78, 5) is 14.1. The fourth-order valence-corrected chi connectivity index (χ4v) is 2.41. The van der Waals surface area contributed by atoms with Gasteiger partial charge in [0.15, 0.2) is 0 Å². The molecular formula is C14H21N3O. The Morgan fingerprint density at radius 1 is 1.28 bits per heavy atom. The van der Waals surface area contributed by atoms with Crippen LogP contribution in [0.3, 0.4) is 0 Å². The normalized spacial score (nSPS) is 20.3. The van der Waals surface area contributed by atoms with Gasteiger partial charge in [0.1, 0.15) is 0 Å². The molecular weight excluding hydrogens is 226 g/mol. The molecule has 0 aromatic heterocycles. The SMILES string of the molecule is NCC1CCCCCN1C(=O)Nc1ccccc1. The van der Waals surface area contributed by atoms with E-state index in [1.54, 1.807) is 0 Å². The highest BCUT2D eigenvalue weighted by molar-refractivity contribution is 5.89. The van der Waals surface area contributed by atoms with Crippen molar-refractivity contribution in [2.45, 2.75) is 31.7 Å². The average Bonchev–Trinajstić information content (AvgIpc) is 2.64. The molecule has 1 aromatic carbocycles. The molecule has 0 spiro atoms. The van der Waals surface area contributed by atoms with Crippen LogP contribution in [-0.2, 0) is 0 Å². The monoisotopic (exact) mass is 247 g/mol. The van der Waals surface area contributed by atoms with Gasteiger partial charge in [-0.05, 0) is 25.0 Å². The zero-order valence-corrected chi connectivity index (χ0v) is 10.6. The Kier molecular flexibility index (Phi) is 4.59. The molecule has 0 saturated carbocycles. The minimum absolute atomic E-state index is 0.0291. The summed E-state index contributed by atoms with van der Waals surface area (Å²) in [5.74, 6) is 0. The van der Waals surface area contributed by atoms with Gasteiger partial charge in [0.2, 0.25) is 0 Å². The first-order valence-electron chi connectivity index (χ1n) is 6.64. The van der Waals surface area contributed by atoms with E-state index in [0.29, 0.717) is 6.54 Å². The first-order valence-corrected chi connectivity index (χ1v) is 6.64. The van der Waals surface area contributed by atoms with Crippen LogP contribution in [0.1, 0.15) is 25.7 Å². The lowest BCUT2D eigenvalue weighted by Crippen LogP contribution is -2.46. The maximum atomic E-state index is 12.2. The molecule has 1 atom stereocenters. The number of carbonyl (C=O) groups excluding carboxylic acids is 1. The fourth-order valence-electron chi connectivity index (χ4n) is 2.41. The van der Waals surface area contributed by atoms with Crippen LogP contribution in [0.25, 0.3) is 0 Å². The molecule has 3 N–H and O–H groups in total. The molecule has 18 heavy (non-hydrogen) atoms. The maximum Gasteiger partial charge on any atom is 0.322 e. The van der Waals surface area contributed by atoms with Gasteiger partial charge in [0.05, 0.1) is 0 Å². The predicted molar refractivity (Wildman–Crippen MR) is 73.5 cm³/mol. The Morgan fingerprint density at radius 3 is 2.78 bits per heavy atom. The van der Waals surface area contributed by atoms with Crippen molar-refractivity contribution in [3.63, 3.8) is 0 Å². The van der Waals surface area contributed by atoms with Gasteiger partial charge in [-0.1, -0.05) is 31.0 Å². The minimum atomic E-state index is -0.0291. The van der Waals surface area contributed by atoms with Crippen molar-refractivity contribution in [1.29, 1.82) is 0 Å². The number of urea groups is 1. The molecule has 1 aliphatic heterocycles. The molecule has 98 valence electrons. The summed E-state index contributed by atoms with van der Waals surface area (Å²) in [7, 11) is 0. The number of nitrogens with two attached hydrogens (primary N) is 1. The Labute approximate surface area is 108 Å². The maximum absolute atomic E-state index is 12.2. The number of nitrogens with one attached hydrogen (secondary N) is 1. The molecule has 1 saturated heterocycles. The van der Waals surface area contributed by atoms with Crippen LogP contribution in [0, 0.1) is 0 Å². The summed E-state index contributed by atoms with van der Waals surface area (Å²) < 4.78 is 0. The third-order valence-electron chi connectivity index (χ3n) is 3.44. The van der Waals surface area contributed by atoms with E-state index in [0.717, 1.165) is 31.5 Å². The van der Waals surface area contributed by atoms with Crippen LogP contribution >= 0.6 is 0 Å². The summed E-state index contributed by atoms with van der Waals surface area (Å²) in [6.07, 6.45) is 4.43. The minimum Gasteiger partial charge on any atom is -0.328 e. The van der Waals surface area contributed by atoms with Crippen molar-refractivity contribution >= 4 is 11.7 Å². The highest BCUT2D eigenvalue weighted by atomic mass is 16.2. The highest BCUT2D eigenvalue weighted by Crippen LogP contribution is 2.17. The van der Waals surface area contributed by atoms with Crippen molar-refractivity contribution in [3.8, 4) is 0 Å². The third kappa shape index (κ3) is 3.23. The highest BCUT2D eigenvalue weighted by Gasteiger charge is 2.24. The summed E-state index contributed by atoms with van der Waals surface area (Å²) >= 11 is 0. The number of nitrogens with zero attached hydrogens (tertiary/aromatic N) is 1. The first kappa shape index (κ1) is 12.9. The van der Waals surface area contributed by atoms with Crippen LogP contribution in [-0.4, -0.2) is 30.1 Å². The van der Waals surface area contributed by atoms with E-state index in [1.807, 2.05) is 35.2 Å². The summed E-state index contributed by atoms with van der Waals surface area (Å²) in [5.41, 5.74) is 6.61. The van der Waals surface area contributed by atoms with Gasteiger partial charge in [-0.15, -0.1) is 0 Å². The van der Waals surface area contributed by atoms with Gasteiger partial charge in [-0.3, -0.25) is 0 Å². The van der Waals surface area contributed by atoms with E-state index in [4.69, 9.17) is 5.73 Å². The Hall–Kier alpha value is -1.55. The van der Waals surface area contributed by atoms with E-state index in [-0.39, 0.29) is 12.1 Å². The number of hydrogen-bond acceptors (Lipinski definition) is 2. The van der Waals surface area contributed by atoms with Gasteiger partial charge >= 0.3 is 6.03 Å². The van der Waals surface area contributed by atoms with E-state index in [2.05, 4.69) is 5.32 Å². The smallest absolute Gasteiger partial charge is 0.322 e. The van der Waals surface area contributed by atoms with Gasteiger partial charge < -0.3 is 16.0 Å². The number of hydrogen-bond donors (Lipinski definition) is 2. The summed E-state index contributed by atoms with van der Waals surface area (Å²) in [5, 5.41) is 2.94. The number of benzene rings is 1. The van der Waals surface area contributed by atoms with Crippen LogP contribution in [0.4, 0.5) is 10.5 Å². The molecule has 1 aromatic rings. The van der Waals surface area contributed by atoms with Crippen LogP contribution in [0.5, 0.6) is 0 Å². The molecule has 1 fully saturated rings. The number of amides is 2. The number of rotatable bonds is 2. The Morgan fingerprint density at radius 2 is 2.06 bits per heavy atom. The van der Waals surface area contributed by atoms with Crippen LogP contribution < -0.4 is 11.1 Å². The van der Waals surface area contributed by atoms with Gasteiger partial charge in [0.25, 0.3) is 0 Å². The summed E-state index contributed by atoms with van der Waals surface area (Å²) in [6.45, 7) is 1.35. The summed E-state index contributed by atoms with van der Waals surface area (Å²) in [6, 6.07) is 9.71. The van der Waals surface area contributed by atoms with Crippen LogP contribution in [0.2, 0.25) is 0 Å². The molecule has 1 unspecified atom stereocenters. The van der Waals surface area contributed by atoms with E-state index in [9.17, 15) is 4.79 Å². The Bertz CT molecular complexity index is 380. The lowest BCUT2D eigenvalue weighted by atomic mass is 10.1. The van der Waals surface area contributed by atoms with Crippen molar-refractivity contribution in [2.24, 2.45) is 5.73 Å². The van der Waals surface area contributed by atoms with Crippen molar-refractivity contribution in [1.82, 2.24) is 4.90 Å². The third-order valence-corrected chi connectivity index (χ3v) is 3.44. The first-order chi connectivity index (χ1) is 8.81. The lowest BCUT2D eigenvalue weighted by molar-refractivity contribution is 0.191. The number of para-hydroxylation sites is 1. The molecule has 4 nitrogen and oxygen atoms in total. The Balaban J connectivity index is 2.01. The van der Waals surface area contributed by atoms with E-state index in [1.165, 1.54) is 6.42 Å². The fraction of sp³-hybridized carbons (Fsp3) is 0.500. The van der Waals surface area contributed by atoms with Crippen molar-refractivity contribution < 1.29 is 4.79 Å². The van der Waals surface area contributed by atoms with Gasteiger partial charge in [0, 0.05) is 24.8 Å². The standard InChI is InChI=1S/C14H21N3O/c15-11-13-9-5-2-6-10-17(13)14(18)16-12-7-3-1-4-8-12/h1,3-4,7-8,13H,2,5-6,9-11,15H2,(H,16,18). The number of likely N-dealkylation sites (tertiary alicyclic amines) is 1. The second-order valence-corrected chi connectivity index (χ2v) is 4.73. The predicted octanol–water partition coefficient (Wildman–Crippen LogP) is 2.42. The molecule has 0 aliphatic carbocycles. The van der Waals surface area contributed by atoms with E-state index < -0.39 is 0 Å². The molecule has 2 rings (SSSR count). The molecule has 2 amide bonds. The molecule has 0 radical (unpaired) electrons. The lowest BCUT2D eigenvalue weighted by Gasteiger charge is -2.29. The zero-order chi connectivity index (χ0) is 12.8.